The number of aliphatic hydroxyl groups excluding tert-OH is 1. The molecule has 0 amide bonds. The molecule has 2 fully saturated rings. The Balaban J connectivity index is 1.34. The van der Waals surface area contributed by atoms with Crippen LogP contribution in [-0.2, 0) is 0 Å². The molecule has 30 heavy (non-hydrogen) atoms. The van der Waals surface area contributed by atoms with Gasteiger partial charge in [-0.15, -0.1) is 0 Å². The Morgan fingerprint density at radius 3 is 2.70 bits per heavy atom. The topological polar surface area (TPSA) is 33.1 Å². The molecule has 156 valence electrons. The number of aliphatic hydroxyl groups is 1. The average Bonchev–Trinajstić information content (AvgIpc) is 3.11. The maximum absolute atomic E-state index is 10.2. The van der Waals surface area contributed by atoms with Crippen LogP contribution < -0.4 is 0 Å². The van der Waals surface area contributed by atoms with E-state index in [1.54, 1.807) is 11.1 Å². The Labute approximate surface area is 180 Å². The van der Waals surface area contributed by atoms with Crippen molar-refractivity contribution < 1.29 is 5.11 Å². The normalized spacial score (nSPS) is 40.2. The van der Waals surface area contributed by atoms with E-state index in [2.05, 4.69) is 55.2 Å². The maximum atomic E-state index is 10.2. The largest absolute Gasteiger partial charge is 0.393 e. The summed E-state index contributed by atoms with van der Waals surface area (Å²) >= 11 is 0. The van der Waals surface area contributed by atoms with Crippen LogP contribution >= 0.6 is 0 Å². The first-order valence-corrected chi connectivity index (χ1v) is 11.9. The van der Waals surface area contributed by atoms with E-state index < -0.39 is 0 Å². The molecule has 1 aromatic heterocycles. The summed E-state index contributed by atoms with van der Waals surface area (Å²) in [5.41, 5.74) is 5.18. The Bertz CT molecular complexity index is 1070. The molecule has 0 bridgehead atoms. The lowest BCUT2D eigenvalue weighted by molar-refractivity contribution is -0.0238. The van der Waals surface area contributed by atoms with E-state index in [1.807, 2.05) is 12.4 Å². The van der Waals surface area contributed by atoms with Gasteiger partial charge in [-0.3, -0.25) is 4.98 Å². The van der Waals surface area contributed by atoms with Crippen molar-refractivity contribution in [2.75, 3.05) is 0 Å². The van der Waals surface area contributed by atoms with Crippen LogP contribution in [0.1, 0.15) is 64.4 Å². The van der Waals surface area contributed by atoms with Crippen LogP contribution in [0, 0.1) is 28.6 Å². The van der Waals surface area contributed by atoms with Crippen molar-refractivity contribution in [3.8, 4) is 0 Å². The fraction of sp³-hybridized carbons (Fsp3) is 0.536. The van der Waals surface area contributed by atoms with E-state index in [1.165, 1.54) is 48.4 Å². The minimum atomic E-state index is -0.113. The summed E-state index contributed by atoms with van der Waals surface area (Å²) in [5, 5.41) is 12.8. The molecule has 1 heterocycles. The summed E-state index contributed by atoms with van der Waals surface area (Å²) in [6.45, 7) is 5.07. The lowest BCUT2D eigenvalue weighted by Crippen LogP contribution is -2.49. The van der Waals surface area contributed by atoms with Gasteiger partial charge in [0.25, 0.3) is 0 Å². The number of rotatable bonds is 1. The van der Waals surface area contributed by atoms with Gasteiger partial charge in [0.05, 0.1) is 6.10 Å². The standard InChI is InChI=1S/C28H33NO/c1-27-12-9-22(30)16-21(27)5-6-23-25-8-7-24(28(25,2)13-10-26(23)27)19-3-4-20-17-29-14-11-18(20)15-19/h3-5,7,11,14-15,17,22-23,25-26,30H,6,8-10,12-13,16H2,1-2H3/t22-,23-,25-,26?,27-,28+/m0/s1. The van der Waals surface area contributed by atoms with Crippen LogP contribution in [0.3, 0.4) is 0 Å². The van der Waals surface area contributed by atoms with E-state index in [9.17, 15) is 5.11 Å². The molecule has 0 saturated heterocycles. The number of allylic oxidation sites excluding steroid dienone is 3. The Morgan fingerprint density at radius 1 is 0.933 bits per heavy atom. The Morgan fingerprint density at radius 2 is 1.80 bits per heavy atom. The van der Waals surface area contributed by atoms with E-state index in [4.69, 9.17) is 0 Å². The first-order chi connectivity index (χ1) is 14.5. The predicted octanol–water partition coefficient (Wildman–Crippen LogP) is 6.55. The summed E-state index contributed by atoms with van der Waals surface area (Å²) in [6.07, 6.45) is 17.0. The van der Waals surface area contributed by atoms with Gasteiger partial charge in [-0.25, -0.2) is 0 Å². The molecule has 2 saturated carbocycles. The van der Waals surface area contributed by atoms with Gasteiger partial charge in [-0.05, 0) is 102 Å². The molecule has 0 spiro atoms. The van der Waals surface area contributed by atoms with Gasteiger partial charge in [-0.2, -0.15) is 0 Å². The summed E-state index contributed by atoms with van der Waals surface area (Å²) in [6, 6.07) is 9.07. The molecule has 1 aromatic carbocycles. The molecular weight excluding hydrogens is 366 g/mol. The highest BCUT2D eigenvalue weighted by Crippen LogP contribution is 2.66. The van der Waals surface area contributed by atoms with E-state index in [0.29, 0.717) is 5.41 Å². The number of hydrogen-bond acceptors (Lipinski definition) is 2. The molecule has 2 nitrogen and oxygen atoms in total. The van der Waals surface area contributed by atoms with E-state index in [-0.39, 0.29) is 11.5 Å². The SMILES string of the molecule is C[C@]12CC[C@H](O)CC1=CC[C@@H]1C2CC[C@]2(C)C(c3ccc4cnccc4c3)=CC[C@@H]12. The first kappa shape index (κ1) is 18.8. The third-order valence-electron chi connectivity index (χ3n) is 9.61. The van der Waals surface area contributed by atoms with Gasteiger partial charge in [0.15, 0.2) is 0 Å². The molecule has 1 N–H and O–H groups in total. The minimum absolute atomic E-state index is 0.113. The zero-order chi connectivity index (χ0) is 20.5. The van der Waals surface area contributed by atoms with Crippen LogP contribution in [-0.4, -0.2) is 16.2 Å². The molecular formula is C28H33NO. The Kier molecular flexibility index (Phi) is 4.10. The number of benzene rings is 1. The monoisotopic (exact) mass is 399 g/mol. The lowest BCUT2D eigenvalue weighted by Gasteiger charge is -2.57. The number of pyridine rings is 1. The van der Waals surface area contributed by atoms with Crippen LogP contribution in [0.15, 0.2) is 54.4 Å². The van der Waals surface area contributed by atoms with Gasteiger partial charge in [0.2, 0.25) is 0 Å². The minimum Gasteiger partial charge on any atom is -0.393 e. The molecule has 4 aliphatic rings. The van der Waals surface area contributed by atoms with Crippen molar-refractivity contribution in [2.45, 2.75) is 64.9 Å². The first-order valence-electron chi connectivity index (χ1n) is 11.9. The number of aromatic nitrogens is 1. The summed E-state index contributed by atoms with van der Waals surface area (Å²) in [7, 11) is 0. The van der Waals surface area contributed by atoms with E-state index in [0.717, 1.165) is 30.6 Å². The zero-order valence-corrected chi connectivity index (χ0v) is 18.3. The highest BCUT2D eigenvalue weighted by atomic mass is 16.3. The smallest absolute Gasteiger partial charge is 0.0577 e. The third-order valence-corrected chi connectivity index (χ3v) is 9.61. The zero-order valence-electron chi connectivity index (χ0n) is 18.3. The molecule has 2 aromatic rings. The molecule has 0 radical (unpaired) electrons. The van der Waals surface area contributed by atoms with Gasteiger partial charge < -0.3 is 5.11 Å². The fourth-order valence-corrected chi connectivity index (χ4v) is 7.91. The van der Waals surface area contributed by atoms with Gasteiger partial charge >= 0.3 is 0 Å². The van der Waals surface area contributed by atoms with Crippen molar-refractivity contribution in [1.82, 2.24) is 4.98 Å². The van der Waals surface area contributed by atoms with Crippen molar-refractivity contribution in [1.29, 1.82) is 0 Å². The number of fused-ring (bicyclic) bond motifs is 6. The van der Waals surface area contributed by atoms with Crippen LogP contribution in [0.25, 0.3) is 16.3 Å². The molecule has 4 aliphatic carbocycles. The Hall–Kier alpha value is -1.93. The highest BCUT2D eigenvalue weighted by Gasteiger charge is 2.56. The van der Waals surface area contributed by atoms with Gasteiger partial charge in [-0.1, -0.05) is 43.7 Å². The summed E-state index contributed by atoms with van der Waals surface area (Å²) < 4.78 is 0. The average molecular weight is 400 g/mol. The third kappa shape index (κ3) is 2.56. The quantitative estimate of drug-likeness (QED) is 0.551. The highest BCUT2D eigenvalue weighted by molar-refractivity contribution is 5.86. The molecule has 2 heteroatoms. The van der Waals surface area contributed by atoms with Crippen molar-refractivity contribution in [2.24, 2.45) is 28.6 Å². The van der Waals surface area contributed by atoms with Crippen molar-refractivity contribution in [3.05, 3.63) is 59.9 Å². The van der Waals surface area contributed by atoms with Gasteiger partial charge in [0, 0.05) is 17.8 Å². The molecule has 1 unspecified atom stereocenters. The molecule has 0 aliphatic heterocycles. The molecule has 6 rings (SSSR count). The van der Waals surface area contributed by atoms with Crippen LogP contribution in [0.2, 0.25) is 0 Å². The van der Waals surface area contributed by atoms with E-state index >= 15 is 0 Å². The second kappa shape index (κ2) is 6.53. The maximum Gasteiger partial charge on any atom is 0.0577 e. The summed E-state index contributed by atoms with van der Waals surface area (Å²) in [5.74, 6) is 2.32. The lowest BCUT2D eigenvalue weighted by atomic mass is 9.47. The summed E-state index contributed by atoms with van der Waals surface area (Å²) in [4.78, 5) is 4.27. The van der Waals surface area contributed by atoms with Crippen molar-refractivity contribution >= 4 is 16.3 Å². The molecule has 6 atom stereocenters. The number of hydrogen-bond donors (Lipinski definition) is 1. The predicted molar refractivity (Wildman–Crippen MR) is 123 cm³/mol. The van der Waals surface area contributed by atoms with Crippen molar-refractivity contribution in [3.63, 3.8) is 0 Å². The fourth-order valence-electron chi connectivity index (χ4n) is 7.91. The second-order valence-electron chi connectivity index (χ2n) is 10.9. The van der Waals surface area contributed by atoms with Crippen LogP contribution in [0.5, 0.6) is 0 Å². The second-order valence-corrected chi connectivity index (χ2v) is 10.9. The van der Waals surface area contributed by atoms with Gasteiger partial charge in [0.1, 0.15) is 0 Å². The van der Waals surface area contributed by atoms with Crippen LogP contribution in [0.4, 0.5) is 0 Å². The number of nitrogens with zero attached hydrogens (tertiary/aromatic N) is 1.